The maximum Gasteiger partial charge on any atom is 0.409 e. The molecule has 0 radical (unpaired) electrons. The minimum absolute atomic E-state index is 0.168. The third kappa shape index (κ3) is 5.49. The van der Waals surface area contributed by atoms with Crippen molar-refractivity contribution >= 4 is 35.0 Å². The molecular weight excluding hydrogens is 392 g/mol. The second kappa shape index (κ2) is 9.12. The molecule has 148 valence electrons. The molecule has 7 heteroatoms. The summed E-state index contributed by atoms with van der Waals surface area (Å²) in [5, 5.41) is 14.0. The van der Waals surface area contributed by atoms with Gasteiger partial charge in [0.15, 0.2) is 0 Å². The van der Waals surface area contributed by atoms with Gasteiger partial charge in [0.1, 0.15) is 12.4 Å². The fraction of sp³-hybridized carbons (Fsp3) is 0.0909. The monoisotopic (exact) mass is 410 g/mol. The van der Waals surface area contributed by atoms with Gasteiger partial charge in [-0.05, 0) is 54.4 Å². The van der Waals surface area contributed by atoms with E-state index < -0.39 is 12.0 Å². The smallest absolute Gasteiger partial charge is 0.409 e. The third-order valence-corrected chi connectivity index (χ3v) is 4.49. The molecule has 3 rings (SSSR count). The van der Waals surface area contributed by atoms with Gasteiger partial charge in [-0.25, -0.2) is 4.79 Å². The Kier molecular flexibility index (Phi) is 6.36. The molecule has 0 bridgehead atoms. The molecule has 2 amide bonds. The van der Waals surface area contributed by atoms with E-state index in [1.54, 1.807) is 12.1 Å². The first-order valence-electron chi connectivity index (χ1n) is 8.80. The fourth-order valence-electron chi connectivity index (χ4n) is 2.70. The summed E-state index contributed by atoms with van der Waals surface area (Å²) >= 11 is 6.10. The van der Waals surface area contributed by atoms with E-state index in [9.17, 15) is 9.59 Å². The summed E-state index contributed by atoms with van der Waals surface area (Å²) in [5.74, 6) is 0.250. The van der Waals surface area contributed by atoms with Gasteiger partial charge in [0.25, 0.3) is 5.91 Å². The standard InChI is InChI=1S/C22H19ClN2O4/c1-14-11-17(29-13-15-5-3-2-4-6-15)8-10-20(14)25-21(26)18-12-16(24-22(27)28)7-9-19(18)23/h2-12,24H,13H2,1H3,(H,25,26)(H,27,28). The van der Waals surface area contributed by atoms with Crippen LogP contribution in [-0.2, 0) is 6.61 Å². The Bertz CT molecular complexity index is 1040. The highest BCUT2D eigenvalue weighted by molar-refractivity contribution is 6.34. The van der Waals surface area contributed by atoms with Crippen molar-refractivity contribution in [1.82, 2.24) is 0 Å². The number of carbonyl (C=O) groups excluding carboxylic acids is 1. The van der Waals surface area contributed by atoms with Gasteiger partial charge in [0, 0.05) is 11.4 Å². The molecule has 0 aliphatic heterocycles. The Morgan fingerprint density at radius 1 is 1.00 bits per heavy atom. The summed E-state index contributed by atoms with van der Waals surface area (Å²) in [7, 11) is 0. The van der Waals surface area contributed by atoms with Crippen LogP contribution in [0.25, 0.3) is 0 Å². The van der Waals surface area contributed by atoms with Gasteiger partial charge in [-0.3, -0.25) is 10.1 Å². The molecule has 0 atom stereocenters. The zero-order valence-corrected chi connectivity index (χ0v) is 16.4. The number of ether oxygens (including phenoxy) is 1. The lowest BCUT2D eigenvalue weighted by molar-refractivity contribution is 0.102. The minimum Gasteiger partial charge on any atom is -0.489 e. The number of carbonyl (C=O) groups is 2. The second-order valence-electron chi connectivity index (χ2n) is 6.33. The van der Waals surface area contributed by atoms with Crippen LogP contribution >= 0.6 is 11.6 Å². The number of amides is 2. The summed E-state index contributed by atoms with van der Waals surface area (Å²) < 4.78 is 5.79. The van der Waals surface area contributed by atoms with E-state index in [0.29, 0.717) is 18.0 Å². The quantitative estimate of drug-likeness (QED) is 0.495. The lowest BCUT2D eigenvalue weighted by atomic mass is 10.1. The van der Waals surface area contributed by atoms with Crippen LogP contribution in [0.1, 0.15) is 21.5 Å². The van der Waals surface area contributed by atoms with Crippen molar-refractivity contribution in [2.45, 2.75) is 13.5 Å². The van der Waals surface area contributed by atoms with E-state index >= 15 is 0 Å². The van der Waals surface area contributed by atoms with Crippen molar-refractivity contribution in [1.29, 1.82) is 0 Å². The highest BCUT2D eigenvalue weighted by atomic mass is 35.5. The fourth-order valence-corrected chi connectivity index (χ4v) is 2.90. The van der Waals surface area contributed by atoms with Crippen molar-refractivity contribution in [2.24, 2.45) is 0 Å². The Labute approximate surface area is 173 Å². The molecule has 29 heavy (non-hydrogen) atoms. The van der Waals surface area contributed by atoms with E-state index in [0.717, 1.165) is 11.1 Å². The lowest BCUT2D eigenvalue weighted by Crippen LogP contribution is -2.14. The number of anilines is 2. The summed E-state index contributed by atoms with van der Waals surface area (Å²) in [5.41, 5.74) is 2.91. The van der Waals surface area contributed by atoms with Crippen LogP contribution in [0.4, 0.5) is 16.2 Å². The van der Waals surface area contributed by atoms with Gasteiger partial charge in [0.05, 0.1) is 10.6 Å². The molecule has 3 aromatic rings. The van der Waals surface area contributed by atoms with Crippen LogP contribution in [0, 0.1) is 6.92 Å². The number of hydrogen-bond acceptors (Lipinski definition) is 3. The van der Waals surface area contributed by atoms with Gasteiger partial charge >= 0.3 is 6.09 Å². The van der Waals surface area contributed by atoms with E-state index in [1.807, 2.05) is 43.3 Å². The number of halogens is 1. The van der Waals surface area contributed by atoms with E-state index in [1.165, 1.54) is 18.2 Å². The van der Waals surface area contributed by atoms with E-state index in [4.69, 9.17) is 21.4 Å². The van der Waals surface area contributed by atoms with Gasteiger partial charge in [-0.1, -0.05) is 41.9 Å². The van der Waals surface area contributed by atoms with E-state index in [-0.39, 0.29) is 16.3 Å². The highest BCUT2D eigenvalue weighted by Gasteiger charge is 2.14. The largest absolute Gasteiger partial charge is 0.489 e. The third-order valence-electron chi connectivity index (χ3n) is 4.16. The van der Waals surface area contributed by atoms with Crippen molar-refractivity contribution in [3.8, 4) is 5.75 Å². The predicted molar refractivity (Wildman–Crippen MR) is 113 cm³/mol. The zero-order valence-electron chi connectivity index (χ0n) is 15.6. The van der Waals surface area contributed by atoms with Crippen LogP contribution in [0.15, 0.2) is 66.7 Å². The molecule has 0 heterocycles. The predicted octanol–water partition coefficient (Wildman–Crippen LogP) is 5.57. The maximum absolute atomic E-state index is 12.6. The van der Waals surface area contributed by atoms with Crippen molar-refractivity contribution < 1.29 is 19.4 Å². The first kappa shape index (κ1) is 20.2. The van der Waals surface area contributed by atoms with Crippen molar-refractivity contribution in [3.05, 3.63) is 88.4 Å². The molecule has 3 aromatic carbocycles. The molecule has 0 saturated heterocycles. The number of carboxylic acid groups (broad SMARTS) is 1. The number of aryl methyl sites for hydroxylation is 1. The average Bonchev–Trinajstić information content (AvgIpc) is 2.70. The molecule has 3 N–H and O–H groups in total. The molecule has 0 unspecified atom stereocenters. The van der Waals surface area contributed by atoms with Gasteiger partial charge < -0.3 is 15.2 Å². The van der Waals surface area contributed by atoms with Crippen molar-refractivity contribution in [2.75, 3.05) is 10.6 Å². The van der Waals surface area contributed by atoms with Crippen LogP contribution in [-0.4, -0.2) is 17.1 Å². The summed E-state index contributed by atoms with van der Waals surface area (Å²) in [4.78, 5) is 23.4. The number of benzene rings is 3. The number of nitrogens with one attached hydrogen (secondary N) is 2. The average molecular weight is 411 g/mol. The molecule has 0 aliphatic carbocycles. The maximum atomic E-state index is 12.6. The Morgan fingerprint density at radius 2 is 1.76 bits per heavy atom. The van der Waals surface area contributed by atoms with Gasteiger partial charge in [-0.2, -0.15) is 0 Å². The van der Waals surface area contributed by atoms with Crippen LogP contribution < -0.4 is 15.4 Å². The second-order valence-corrected chi connectivity index (χ2v) is 6.74. The topological polar surface area (TPSA) is 87.7 Å². The Balaban J connectivity index is 1.70. The lowest BCUT2D eigenvalue weighted by Gasteiger charge is -2.13. The van der Waals surface area contributed by atoms with Crippen LogP contribution in [0.3, 0.4) is 0 Å². The Morgan fingerprint density at radius 3 is 2.45 bits per heavy atom. The molecule has 0 aromatic heterocycles. The van der Waals surface area contributed by atoms with Crippen LogP contribution in [0.2, 0.25) is 5.02 Å². The van der Waals surface area contributed by atoms with Gasteiger partial charge in [0.2, 0.25) is 0 Å². The normalized spacial score (nSPS) is 10.3. The molecule has 0 aliphatic rings. The van der Waals surface area contributed by atoms with Gasteiger partial charge in [-0.15, -0.1) is 0 Å². The molecule has 0 spiro atoms. The number of rotatable bonds is 6. The molecule has 0 fully saturated rings. The highest BCUT2D eigenvalue weighted by Crippen LogP contribution is 2.25. The first-order chi connectivity index (χ1) is 13.9. The summed E-state index contributed by atoms with van der Waals surface area (Å²) in [6.07, 6.45) is -1.22. The Hall–Kier alpha value is -3.51. The first-order valence-corrected chi connectivity index (χ1v) is 9.18. The van der Waals surface area contributed by atoms with Crippen LogP contribution in [0.5, 0.6) is 5.75 Å². The number of hydrogen-bond donors (Lipinski definition) is 3. The summed E-state index contributed by atoms with van der Waals surface area (Å²) in [6, 6.07) is 19.5. The zero-order chi connectivity index (χ0) is 20.8. The summed E-state index contributed by atoms with van der Waals surface area (Å²) in [6.45, 7) is 2.31. The molecular formula is C22H19ClN2O4. The SMILES string of the molecule is Cc1cc(OCc2ccccc2)ccc1NC(=O)c1cc(NC(=O)O)ccc1Cl. The molecule has 0 saturated carbocycles. The van der Waals surface area contributed by atoms with Crippen molar-refractivity contribution in [3.63, 3.8) is 0 Å². The minimum atomic E-state index is -1.22. The molecule has 6 nitrogen and oxygen atoms in total. The van der Waals surface area contributed by atoms with E-state index in [2.05, 4.69) is 10.6 Å².